The Hall–Kier alpha value is -1.66. The zero-order valence-electron chi connectivity index (χ0n) is 10.3. The van der Waals surface area contributed by atoms with Crippen molar-refractivity contribution in [1.82, 2.24) is 25.6 Å². The second-order valence-electron chi connectivity index (χ2n) is 4.49. The fourth-order valence-electron chi connectivity index (χ4n) is 2.27. The average molecular weight is 282 g/mol. The van der Waals surface area contributed by atoms with Gasteiger partial charge in [-0.25, -0.2) is 9.97 Å². The molecule has 1 fully saturated rings. The molecule has 1 aliphatic rings. The molecule has 102 valence electrons. The van der Waals surface area contributed by atoms with E-state index in [1.807, 2.05) is 0 Å². The normalized spacial score (nSPS) is 16.0. The molecule has 0 unspecified atom stereocenters. The third-order valence-electron chi connectivity index (χ3n) is 3.26. The van der Waals surface area contributed by atoms with Crippen LogP contribution in [-0.2, 0) is 0 Å². The Morgan fingerprint density at radius 2 is 2.16 bits per heavy atom. The predicted molar refractivity (Wildman–Crippen MR) is 74.5 cm³/mol. The van der Waals surface area contributed by atoms with E-state index < -0.39 is 0 Å². The lowest BCUT2D eigenvalue weighted by Gasteiger charge is -2.23. The maximum Gasteiger partial charge on any atom is 0.255 e. The molecular formula is C12H16ClN5O. The highest BCUT2D eigenvalue weighted by Gasteiger charge is 2.18. The van der Waals surface area contributed by atoms with Crippen molar-refractivity contribution >= 4 is 29.3 Å². The number of aromatic amines is 1. The van der Waals surface area contributed by atoms with Gasteiger partial charge in [0.1, 0.15) is 11.8 Å². The van der Waals surface area contributed by atoms with Crippen LogP contribution < -0.4 is 10.6 Å². The van der Waals surface area contributed by atoms with E-state index in [2.05, 4.69) is 25.6 Å². The van der Waals surface area contributed by atoms with Crippen molar-refractivity contribution in [1.29, 1.82) is 0 Å². The summed E-state index contributed by atoms with van der Waals surface area (Å²) >= 11 is 0. The van der Waals surface area contributed by atoms with Crippen LogP contribution in [0.25, 0.3) is 11.0 Å². The zero-order chi connectivity index (χ0) is 12.4. The van der Waals surface area contributed by atoms with E-state index in [0.717, 1.165) is 31.4 Å². The van der Waals surface area contributed by atoms with Gasteiger partial charge in [0.15, 0.2) is 0 Å². The quantitative estimate of drug-likeness (QED) is 0.762. The van der Waals surface area contributed by atoms with Crippen LogP contribution in [0.3, 0.4) is 0 Å². The van der Waals surface area contributed by atoms with Crippen LogP contribution in [0.5, 0.6) is 0 Å². The Morgan fingerprint density at radius 1 is 1.37 bits per heavy atom. The number of halogens is 1. The third kappa shape index (κ3) is 2.85. The largest absolute Gasteiger partial charge is 0.358 e. The molecular weight excluding hydrogens is 266 g/mol. The molecule has 6 nitrogen and oxygen atoms in total. The second kappa shape index (κ2) is 5.99. The molecule has 2 aromatic rings. The lowest BCUT2D eigenvalue weighted by molar-refractivity contribution is 0.0931. The van der Waals surface area contributed by atoms with Crippen LogP contribution in [0, 0.1) is 0 Å². The van der Waals surface area contributed by atoms with Crippen molar-refractivity contribution in [3.63, 3.8) is 0 Å². The van der Waals surface area contributed by atoms with E-state index in [-0.39, 0.29) is 24.4 Å². The number of fused-ring (bicyclic) bond motifs is 1. The topological polar surface area (TPSA) is 82.7 Å². The molecule has 0 spiro atoms. The van der Waals surface area contributed by atoms with Crippen LogP contribution in [0.15, 0.2) is 18.7 Å². The zero-order valence-corrected chi connectivity index (χ0v) is 11.2. The molecule has 0 radical (unpaired) electrons. The number of nitrogens with zero attached hydrogens (tertiary/aromatic N) is 2. The molecule has 0 aromatic carbocycles. The van der Waals surface area contributed by atoms with Gasteiger partial charge in [0.05, 0.1) is 17.3 Å². The number of aromatic nitrogens is 3. The molecule has 1 aliphatic heterocycles. The van der Waals surface area contributed by atoms with E-state index in [9.17, 15) is 4.79 Å². The highest BCUT2D eigenvalue weighted by Crippen LogP contribution is 2.14. The molecule has 7 heteroatoms. The fourth-order valence-corrected chi connectivity index (χ4v) is 2.27. The first-order valence-corrected chi connectivity index (χ1v) is 6.13. The van der Waals surface area contributed by atoms with Gasteiger partial charge in [0, 0.05) is 12.2 Å². The minimum Gasteiger partial charge on any atom is -0.358 e. The van der Waals surface area contributed by atoms with Gasteiger partial charge in [0.2, 0.25) is 0 Å². The van der Waals surface area contributed by atoms with Crippen molar-refractivity contribution < 1.29 is 4.79 Å². The van der Waals surface area contributed by atoms with Gasteiger partial charge in [0.25, 0.3) is 5.91 Å². The van der Waals surface area contributed by atoms with Crippen molar-refractivity contribution in [2.45, 2.75) is 18.9 Å². The van der Waals surface area contributed by atoms with Gasteiger partial charge in [-0.15, -0.1) is 12.4 Å². The monoisotopic (exact) mass is 281 g/mol. The molecule has 19 heavy (non-hydrogen) atoms. The number of H-pyrrole nitrogens is 1. The molecule has 0 bridgehead atoms. The van der Waals surface area contributed by atoms with E-state index >= 15 is 0 Å². The Kier molecular flexibility index (Phi) is 4.34. The van der Waals surface area contributed by atoms with Gasteiger partial charge in [-0.05, 0) is 25.9 Å². The van der Waals surface area contributed by atoms with Crippen LogP contribution in [0.4, 0.5) is 0 Å². The maximum atomic E-state index is 12.2. The highest BCUT2D eigenvalue weighted by atomic mass is 35.5. The molecule has 0 atom stereocenters. The fraction of sp³-hybridized carbons (Fsp3) is 0.417. The molecule has 1 amide bonds. The minimum absolute atomic E-state index is 0. The first kappa shape index (κ1) is 13.8. The minimum atomic E-state index is -0.0631. The highest BCUT2D eigenvalue weighted by molar-refractivity contribution is 6.05. The van der Waals surface area contributed by atoms with E-state index in [1.165, 1.54) is 6.33 Å². The van der Waals surface area contributed by atoms with E-state index in [1.54, 1.807) is 12.4 Å². The SMILES string of the molecule is Cl.O=C(NC1CCNCC1)c1c[nH]c2cncnc12. The van der Waals surface area contributed by atoms with Crippen molar-refractivity contribution in [3.05, 3.63) is 24.3 Å². The van der Waals surface area contributed by atoms with Gasteiger partial charge in [-0.3, -0.25) is 4.79 Å². The van der Waals surface area contributed by atoms with Crippen LogP contribution in [0.1, 0.15) is 23.2 Å². The van der Waals surface area contributed by atoms with Crippen LogP contribution >= 0.6 is 12.4 Å². The summed E-state index contributed by atoms with van der Waals surface area (Å²) < 4.78 is 0. The Morgan fingerprint density at radius 3 is 2.95 bits per heavy atom. The number of carbonyl (C=O) groups is 1. The molecule has 3 heterocycles. The number of piperidine rings is 1. The molecule has 2 aromatic heterocycles. The summed E-state index contributed by atoms with van der Waals surface area (Å²) in [6.45, 7) is 1.92. The summed E-state index contributed by atoms with van der Waals surface area (Å²) in [6, 6.07) is 0.255. The Labute approximate surface area is 116 Å². The van der Waals surface area contributed by atoms with Gasteiger partial charge >= 0.3 is 0 Å². The number of hydrogen-bond acceptors (Lipinski definition) is 4. The summed E-state index contributed by atoms with van der Waals surface area (Å²) in [5.74, 6) is -0.0631. The van der Waals surface area contributed by atoms with Crippen molar-refractivity contribution in [3.8, 4) is 0 Å². The molecule has 1 saturated heterocycles. The predicted octanol–water partition coefficient (Wildman–Crippen LogP) is 0.862. The number of amides is 1. The van der Waals surface area contributed by atoms with Crippen LogP contribution in [0.2, 0.25) is 0 Å². The van der Waals surface area contributed by atoms with E-state index in [0.29, 0.717) is 11.1 Å². The standard InChI is InChI=1S/C12H15N5O.ClH/c18-12(17-8-1-3-13-4-2-8)9-5-15-10-6-14-7-16-11(9)10;/h5-8,13,15H,1-4H2,(H,17,18);1H. The maximum absolute atomic E-state index is 12.2. The molecule has 0 aliphatic carbocycles. The summed E-state index contributed by atoms with van der Waals surface area (Å²) in [5.41, 5.74) is 2.05. The lowest BCUT2D eigenvalue weighted by Crippen LogP contribution is -2.42. The number of hydrogen-bond donors (Lipinski definition) is 3. The molecule has 3 N–H and O–H groups in total. The van der Waals surface area contributed by atoms with Crippen molar-refractivity contribution in [2.75, 3.05) is 13.1 Å². The third-order valence-corrected chi connectivity index (χ3v) is 3.26. The number of rotatable bonds is 2. The van der Waals surface area contributed by atoms with Gasteiger partial charge < -0.3 is 15.6 Å². The number of nitrogens with one attached hydrogen (secondary N) is 3. The van der Waals surface area contributed by atoms with Gasteiger partial charge in [-0.1, -0.05) is 0 Å². The summed E-state index contributed by atoms with van der Waals surface area (Å²) in [4.78, 5) is 23.2. The average Bonchev–Trinajstić information content (AvgIpc) is 2.84. The van der Waals surface area contributed by atoms with Gasteiger partial charge in [-0.2, -0.15) is 0 Å². The first-order chi connectivity index (χ1) is 8.84. The Balaban J connectivity index is 0.00000133. The molecule has 0 saturated carbocycles. The number of carbonyl (C=O) groups excluding carboxylic acids is 1. The van der Waals surface area contributed by atoms with E-state index in [4.69, 9.17) is 0 Å². The summed E-state index contributed by atoms with van der Waals surface area (Å²) in [6.07, 6.45) is 6.77. The lowest BCUT2D eigenvalue weighted by atomic mass is 10.1. The Bertz CT molecular complexity index is 564. The smallest absolute Gasteiger partial charge is 0.255 e. The van der Waals surface area contributed by atoms with Crippen molar-refractivity contribution in [2.24, 2.45) is 0 Å². The summed E-state index contributed by atoms with van der Waals surface area (Å²) in [5, 5.41) is 6.33. The van der Waals surface area contributed by atoms with Crippen LogP contribution in [-0.4, -0.2) is 40.0 Å². The molecule has 3 rings (SSSR count). The second-order valence-corrected chi connectivity index (χ2v) is 4.49. The first-order valence-electron chi connectivity index (χ1n) is 6.13. The summed E-state index contributed by atoms with van der Waals surface area (Å²) in [7, 11) is 0.